The number of piperazine rings is 1. The van der Waals surface area contributed by atoms with Crippen molar-refractivity contribution in [1.29, 1.82) is 0 Å². The molecule has 0 N–H and O–H groups in total. The fourth-order valence-electron chi connectivity index (χ4n) is 3.87. The minimum Gasteiger partial charge on any atom is -0.496 e. The summed E-state index contributed by atoms with van der Waals surface area (Å²) in [7, 11) is 1.65. The first kappa shape index (κ1) is 18.7. The van der Waals surface area contributed by atoms with Gasteiger partial charge in [-0.25, -0.2) is 0 Å². The van der Waals surface area contributed by atoms with Gasteiger partial charge in [-0.1, -0.05) is 0 Å². The second kappa shape index (κ2) is 7.66. The molecule has 1 aromatic rings. The zero-order valence-corrected chi connectivity index (χ0v) is 16.1. The number of carbonyl (C=O) groups is 2. The predicted octanol–water partition coefficient (Wildman–Crippen LogP) is 2.08. The highest BCUT2D eigenvalue weighted by Gasteiger charge is 2.32. The zero-order valence-electron chi connectivity index (χ0n) is 16.1. The Hall–Kier alpha value is -2.08. The number of hydrogen-bond donors (Lipinski definition) is 0. The van der Waals surface area contributed by atoms with Gasteiger partial charge in [-0.05, 0) is 56.4 Å². The molecule has 2 aliphatic heterocycles. The third kappa shape index (κ3) is 3.43. The lowest BCUT2D eigenvalue weighted by atomic mass is 9.97. The molecule has 2 amide bonds. The highest BCUT2D eigenvalue weighted by atomic mass is 16.5. The Morgan fingerprint density at radius 1 is 1.08 bits per heavy atom. The average Bonchev–Trinajstić information content (AvgIpc) is 3.19. The molecule has 0 aromatic heterocycles. The summed E-state index contributed by atoms with van der Waals surface area (Å²) in [5, 5.41) is 0. The van der Waals surface area contributed by atoms with Crippen LogP contribution in [0, 0.1) is 20.8 Å². The van der Waals surface area contributed by atoms with Crippen LogP contribution in [0.15, 0.2) is 6.07 Å². The zero-order chi connectivity index (χ0) is 18.8. The fourth-order valence-corrected chi connectivity index (χ4v) is 3.87. The largest absolute Gasteiger partial charge is 0.496 e. The van der Waals surface area contributed by atoms with Gasteiger partial charge in [0.15, 0.2) is 0 Å². The summed E-state index contributed by atoms with van der Waals surface area (Å²) < 4.78 is 10.9. The minimum absolute atomic E-state index is 0.0283. The second-order valence-corrected chi connectivity index (χ2v) is 7.14. The Morgan fingerprint density at radius 3 is 2.31 bits per heavy atom. The van der Waals surface area contributed by atoms with Crippen molar-refractivity contribution in [3.63, 3.8) is 0 Å². The second-order valence-electron chi connectivity index (χ2n) is 7.14. The van der Waals surface area contributed by atoms with Crippen molar-refractivity contribution in [2.24, 2.45) is 0 Å². The van der Waals surface area contributed by atoms with Crippen LogP contribution < -0.4 is 4.74 Å². The maximum Gasteiger partial charge on any atom is 0.254 e. The molecule has 6 heteroatoms. The topological polar surface area (TPSA) is 59.1 Å². The van der Waals surface area contributed by atoms with E-state index in [0.29, 0.717) is 32.8 Å². The molecular weight excluding hydrogens is 332 g/mol. The van der Waals surface area contributed by atoms with Crippen LogP contribution in [-0.2, 0) is 9.53 Å². The van der Waals surface area contributed by atoms with Gasteiger partial charge in [-0.2, -0.15) is 0 Å². The van der Waals surface area contributed by atoms with Gasteiger partial charge >= 0.3 is 0 Å². The predicted molar refractivity (Wildman–Crippen MR) is 98.7 cm³/mol. The van der Waals surface area contributed by atoms with Crippen molar-refractivity contribution in [2.45, 2.75) is 39.7 Å². The summed E-state index contributed by atoms with van der Waals surface area (Å²) in [6.45, 7) is 8.82. The van der Waals surface area contributed by atoms with Gasteiger partial charge in [-0.15, -0.1) is 0 Å². The quantitative estimate of drug-likeness (QED) is 0.828. The Labute approximate surface area is 155 Å². The third-order valence-corrected chi connectivity index (χ3v) is 5.54. The number of hydrogen-bond acceptors (Lipinski definition) is 4. The normalized spacial score (nSPS) is 20.4. The molecule has 0 radical (unpaired) electrons. The van der Waals surface area contributed by atoms with Crippen LogP contribution in [0.25, 0.3) is 0 Å². The maximum atomic E-state index is 13.0. The van der Waals surface area contributed by atoms with Crippen molar-refractivity contribution >= 4 is 11.8 Å². The maximum absolute atomic E-state index is 13.0. The van der Waals surface area contributed by atoms with Crippen molar-refractivity contribution in [3.05, 3.63) is 28.3 Å². The summed E-state index contributed by atoms with van der Waals surface area (Å²) in [4.78, 5) is 29.1. The smallest absolute Gasteiger partial charge is 0.254 e. The Morgan fingerprint density at radius 2 is 1.73 bits per heavy atom. The number of methoxy groups -OCH3 is 1. The molecule has 1 atom stereocenters. The van der Waals surface area contributed by atoms with Gasteiger partial charge in [-0.3, -0.25) is 9.59 Å². The molecule has 0 bridgehead atoms. The van der Waals surface area contributed by atoms with Crippen molar-refractivity contribution < 1.29 is 19.1 Å². The summed E-state index contributed by atoms with van der Waals surface area (Å²) >= 11 is 0. The van der Waals surface area contributed by atoms with E-state index in [1.165, 1.54) is 0 Å². The lowest BCUT2D eigenvalue weighted by Crippen LogP contribution is -2.52. The van der Waals surface area contributed by atoms with E-state index in [4.69, 9.17) is 9.47 Å². The summed E-state index contributed by atoms with van der Waals surface area (Å²) in [6, 6.07) is 1.91. The number of benzene rings is 1. The van der Waals surface area contributed by atoms with E-state index in [9.17, 15) is 9.59 Å². The van der Waals surface area contributed by atoms with E-state index in [2.05, 4.69) is 0 Å². The number of rotatable bonds is 3. The Balaban J connectivity index is 1.68. The molecule has 1 unspecified atom stereocenters. The molecule has 2 saturated heterocycles. The molecule has 2 aliphatic rings. The van der Waals surface area contributed by atoms with Crippen molar-refractivity contribution in [2.75, 3.05) is 39.9 Å². The van der Waals surface area contributed by atoms with E-state index in [0.717, 1.165) is 40.8 Å². The minimum atomic E-state index is -0.286. The molecule has 1 aromatic carbocycles. The lowest BCUT2D eigenvalue weighted by Gasteiger charge is -2.36. The number of nitrogens with zero attached hydrogens (tertiary/aromatic N) is 2. The number of aryl methyl sites for hydroxylation is 1. The van der Waals surface area contributed by atoms with Crippen LogP contribution in [0.4, 0.5) is 0 Å². The van der Waals surface area contributed by atoms with E-state index in [-0.39, 0.29) is 17.9 Å². The van der Waals surface area contributed by atoms with Crippen LogP contribution in [0.5, 0.6) is 5.75 Å². The molecule has 3 rings (SSSR count). The van der Waals surface area contributed by atoms with Crippen molar-refractivity contribution in [1.82, 2.24) is 9.80 Å². The van der Waals surface area contributed by atoms with Crippen LogP contribution >= 0.6 is 0 Å². The fraction of sp³-hybridized carbons (Fsp3) is 0.600. The van der Waals surface area contributed by atoms with E-state index >= 15 is 0 Å². The monoisotopic (exact) mass is 360 g/mol. The molecule has 142 valence electrons. The Bertz CT molecular complexity index is 702. The lowest BCUT2D eigenvalue weighted by molar-refractivity contribution is -0.142. The molecule has 6 nitrogen and oxygen atoms in total. The third-order valence-electron chi connectivity index (χ3n) is 5.54. The van der Waals surface area contributed by atoms with Gasteiger partial charge in [0.25, 0.3) is 11.8 Å². The van der Waals surface area contributed by atoms with Crippen molar-refractivity contribution in [3.8, 4) is 5.75 Å². The Kier molecular flexibility index (Phi) is 5.51. The molecule has 0 saturated carbocycles. The van der Waals surface area contributed by atoms with Crippen LogP contribution in [0.3, 0.4) is 0 Å². The molecular formula is C20H28N2O4. The van der Waals surface area contributed by atoms with E-state index < -0.39 is 0 Å². The number of ether oxygens (including phenoxy) is 2. The first-order chi connectivity index (χ1) is 12.4. The molecule has 0 spiro atoms. The molecule has 26 heavy (non-hydrogen) atoms. The molecule has 0 aliphatic carbocycles. The van der Waals surface area contributed by atoms with Crippen LogP contribution in [0.2, 0.25) is 0 Å². The highest BCUT2D eigenvalue weighted by Crippen LogP contribution is 2.29. The summed E-state index contributed by atoms with van der Waals surface area (Å²) in [5.41, 5.74) is 3.64. The SMILES string of the molecule is COc1c(C)cc(C(=O)N2CCN(C(=O)C3CCCO3)CC2)c(C)c1C. The standard InChI is InChI=1S/C20H28N2O4/c1-13-12-16(14(2)15(3)18(13)25-4)19(23)21-7-9-22(10-8-21)20(24)17-6-5-11-26-17/h12,17H,5-11H2,1-4H3. The van der Waals surface area contributed by atoms with E-state index in [1.807, 2.05) is 36.6 Å². The van der Waals surface area contributed by atoms with Gasteiger partial charge in [0.1, 0.15) is 11.9 Å². The first-order valence-electron chi connectivity index (χ1n) is 9.28. The highest BCUT2D eigenvalue weighted by molar-refractivity contribution is 5.96. The summed E-state index contributed by atoms with van der Waals surface area (Å²) in [6.07, 6.45) is 1.47. The van der Waals surface area contributed by atoms with Gasteiger partial charge < -0.3 is 19.3 Å². The van der Waals surface area contributed by atoms with Gasteiger partial charge in [0, 0.05) is 38.3 Å². The van der Waals surface area contributed by atoms with Gasteiger partial charge in [0.05, 0.1) is 7.11 Å². The summed E-state index contributed by atoms with van der Waals surface area (Å²) in [5.74, 6) is 0.938. The number of amides is 2. The first-order valence-corrected chi connectivity index (χ1v) is 9.28. The molecule has 2 fully saturated rings. The van der Waals surface area contributed by atoms with Gasteiger partial charge in [0.2, 0.25) is 0 Å². The van der Waals surface area contributed by atoms with E-state index in [1.54, 1.807) is 7.11 Å². The average molecular weight is 360 g/mol. The van der Waals surface area contributed by atoms with Crippen LogP contribution in [0.1, 0.15) is 39.9 Å². The number of carbonyl (C=O) groups excluding carboxylic acids is 2. The van der Waals surface area contributed by atoms with Crippen LogP contribution in [-0.4, -0.2) is 67.6 Å². The molecule has 2 heterocycles.